The molecule has 0 aliphatic heterocycles. The van der Waals surface area contributed by atoms with Gasteiger partial charge in [-0.25, -0.2) is 13.4 Å². The summed E-state index contributed by atoms with van der Waals surface area (Å²) in [6.45, 7) is 3.76. The fourth-order valence-corrected chi connectivity index (χ4v) is 2.85. The van der Waals surface area contributed by atoms with Gasteiger partial charge >= 0.3 is 0 Å². The van der Waals surface area contributed by atoms with Crippen molar-refractivity contribution in [3.63, 3.8) is 0 Å². The number of hydrogen-bond donors (Lipinski definition) is 2. The van der Waals surface area contributed by atoms with Crippen LogP contribution in [0.1, 0.15) is 13.8 Å². The topological polar surface area (TPSA) is 94.3 Å². The first kappa shape index (κ1) is 15.1. The zero-order valence-corrected chi connectivity index (χ0v) is 12.6. The Hall–Kier alpha value is -2.28. The third-order valence-electron chi connectivity index (χ3n) is 2.55. The molecular weight excluding hydrogens is 290 g/mol. The summed E-state index contributed by atoms with van der Waals surface area (Å²) in [4.78, 5) is 3.91. The first-order valence-electron chi connectivity index (χ1n) is 6.38. The molecule has 2 aromatic rings. The summed E-state index contributed by atoms with van der Waals surface area (Å²) in [7, 11) is -3.78. The van der Waals surface area contributed by atoms with Crippen LogP contribution in [0.2, 0.25) is 0 Å². The Kier molecular flexibility index (Phi) is 4.32. The molecule has 0 fully saturated rings. The number of ether oxygens (including phenoxy) is 1. The van der Waals surface area contributed by atoms with Crippen LogP contribution in [0, 0.1) is 0 Å². The summed E-state index contributed by atoms with van der Waals surface area (Å²) in [5.41, 5.74) is 5.94. The van der Waals surface area contributed by atoms with E-state index in [4.69, 9.17) is 10.5 Å². The van der Waals surface area contributed by atoms with Crippen LogP contribution in [-0.2, 0) is 10.0 Å². The van der Waals surface area contributed by atoms with Crippen molar-refractivity contribution in [3.05, 3.63) is 42.6 Å². The minimum atomic E-state index is -3.78. The van der Waals surface area contributed by atoms with Crippen molar-refractivity contribution >= 4 is 21.5 Å². The van der Waals surface area contributed by atoms with E-state index in [1.54, 1.807) is 24.3 Å². The zero-order valence-electron chi connectivity index (χ0n) is 11.8. The van der Waals surface area contributed by atoms with Crippen LogP contribution < -0.4 is 15.2 Å². The third kappa shape index (κ3) is 3.85. The lowest BCUT2D eigenvalue weighted by atomic mass is 10.3. The van der Waals surface area contributed by atoms with Crippen molar-refractivity contribution in [2.45, 2.75) is 24.8 Å². The molecule has 3 N–H and O–H groups in total. The average molecular weight is 307 g/mol. The van der Waals surface area contributed by atoms with Gasteiger partial charge < -0.3 is 10.5 Å². The van der Waals surface area contributed by atoms with Crippen molar-refractivity contribution in [2.24, 2.45) is 0 Å². The Morgan fingerprint density at radius 1 is 1.24 bits per heavy atom. The maximum atomic E-state index is 12.3. The molecule has 0 saturated carbocycles. The lowest BCUT2D eigenvalue weighted by Crippen LogP contribution is -2.16. The molecule has 0 spiro atoms. The Labute approximate surface area is 124 Å². The molecule has 2 rings (SSSR count). The lowest BCUT2D eigenvalue weighted by Gasteiger charge is -2.13. The Morgan fingerprint density at radius 2 is 2.00 bits per heavy atom. The number of anilines is 2. The van der Waals surface area contributed by atoms with Crippen LogP contribution in [0.4, 0.5) is 11.5 Å². The van der Waals surface area contributed by atoms with Gasteiger partial charge in [0.1, 0.15) is 16.5 Å². The van der Waals surface area contributed by atoms with Crippen molar-refractivity contribution in [3.8, 4) is 5.75 Å². The number of pyridine rings is 1. The van der Waals surface area contributed by atoms with E-state index < -0.39 is 10.0 Å². The largest absolute Gasteiger partial charge is 0.491 e. The van der Waals surface area contributed by atoms with Gasteiger partial charge in [-0.1, -0.05) is 6.07 Å². The molecule has 0 unspecified atom stereocenters. The monoisotopic (exact) mass is 307 g/mol. The molecule has 112 valence electrons. The molecule has 0 amide bonds. The highest BCUT2D eigenvalue weighted by Crippen LogP contribution is 2.25. The summed E-state index contributed by atoms with van der Waals surface area (Å²) in [6, 6.07) is 9.43. The van der Waals surface area contributed by atoms with Gasteiger partial charge in [-0.3, -0.25) is 4.72 Å². The molecule has 21 heavy (non-hydrogen) atoms. The van der Waals surface area contributed by atoms with Gasteiger partial charge in [-0.05, 0) is 38.1 Å². The molecule has 1 heterocycles. The van der Waals surface area contributed by atoms with Gasteiger partial charge in [0, 0.05) is 12.3 Å². The second kappa shape index (κ2) is 6.01. The van der Waals surface area contributed by atoms with Crippen LogP contribution in [0.3, 0.4) is 0 Å². The highest BCUT2D eigenvalue weighted by molar-refractivity contribution is 7.92. The molecule has 0 radical (unpaired) electrons. The second-order valence-corrected chi connectivity index (χ2v) is 6.34. The van der Waals surface area contributed by atoms with Crippen molar-refractivity contribution in [1.29, 1.82) is 0 Å². The predicted octanol–water partition coefficient (Wildman–Crippen LogP) is 2.25. The molecule has 0 bridgehead atoms. The number of nitrogens with two attached hydrogens (primary N) is 1. The van der Waals surface area contributed by atoms with Gasteiger partial charge in [0.15, 0.2) is 0 Å². The van der Waals surface area contributed by atoms with E-state index >= 15 is 0 Å². The number of benzene rings is 1. The van der Waals surface area contributed by atoms with Crippen LogP contribution in [0.15, 0.2) is 47.5 Å². The molecular formula is C14H17N3O3S. The Balaban J connectivity index is 2.28. The molecule has 7 heteroatoms. The second-order valence-electron chi connectivity index (χ2n) is 4.69. The molecule has 0 aliphatic rings. The van der Waals surface area contributed by atoms with Gasteiger partial charge in [0.25, 0.3) is 10.0 Å². The van der Waals surface area contributed by atoms with Crippen LogP contribution in [0.5, 0.6) is 5.75 Å². The van der Waals surface area contributed by atoms with E-state index in [0.717, 1.165) is 0 Å². The fourth-order valence-electron chi connectivity index (χ4n) is 1.73. The lowest BCUT2D eigenvalue weighted by molar-refractivity contribution is 0.242. The van der Waals surface area contributed by atoms with E-state index in [1.807, 2.05) is 13.8 Å². The summed E-state index contributed by atoms with van der Waals surface area (Å²) >= 11 is 0. The quantitative estimate of drug-likeness (QED) is 0.826. The normalized spacial score (nSPS) is 11.4. The molecule has 0 saturated heterocycles. The highest BCUT2D eigenvalue weighted by Gasteiger charge is 2.18. The van der Waals surface area contributed by atoms with E-state index in [9.17, 15) is 8.42 Å². The molecule has 1 aromatic heterocycles. The van der Waals surface area contributed by atoms with Gasteiger partial charge in [0.2, 0.25) is 0 Å². The van der Waals surface area contributed by atoms with E-state index in [-0.39, 0.29) is 22.5 Å². The highest BCUT2D eigenvalue weighted by atomic mass is 32.2. The minimum absolute atomic E-state index is 0.00995. The molecule has 0 aliphatic carbocycles. The van der Waals surface area contributed by atoms with E-state index in [0.29, 0.717) is 5.75 Å². The van der Waals surface area contributed by atoms with Gasteiger partial charge in [-0.2, -0.15) is 0 Å². The van der Waals surface area contributed by atoms with Crippen LogP contribution in [0.25, 0.3) is 0 Å². The first-order chi connectivity index (χ1) is 9.88. The standard InChI is InChI=1S/C14H17N3O3S/c1-10(2)20-11-6-7-13(12(15)9-11)21(18,19)17-14-5-3-4-8-16-14/h3-10H,15H2,1-2H3,(H,16,17). The zero-order chi connectivity index (χ0) is 15.5. The van der Waals surface area contributed by atoms with Crippen molar-refractivity contribution in [1.82, 2.24) is 4.98 Å². The maximum absolute atomic E-state index is 12.3. The molecule has 1 aromatic carbocycles. The average Bonchev–Trinajstić information content (AvgIpc) is 2.38. The number of sulfonamides is 1. The number of hydrogen-bond acceptors (Lipinski definition) is 5. The van der Waals surface area contributed by atoms with E-state index in [2.05, 4.69) is 9.71 Å². The maximum Gasteiger partial charge on any atom is 0.265 e. The third-order valence-corrected chi connectivity index (χ3v) is 3.98. The number of nitrogens with zero attached hydrogens (tertiary/aromatic N) is 1. The summed E-state index contributed by atoms with van der Waals surface area (Å²) in [6.07, 6.45) is 1.49. The van der Waals surface area contributed by atoms with Gasteiger partial charge in [0.05, 0.1) is 11.8 Å². The first-order valence-corrected chi connectivity index (χ1v) is 7.87. The summed E-state index contributed by atoms with van der Waals surface area (Å²) in [5.74, 6) is 0.763. The van der Waals surface area contributed by atoms with E-state index in [1.165, 1.54) is 18.3 Å². The smallest absolute Gasteiger partial charge is 0.265 e. The van der Waals surface area contributed by atoms with Crippen LogP contribution >= 0.6 is 0 Å². The predicted molar refractivity (Wildman–Crippen MR) is 81.7 cm³/mol. The Morgan fingerprint density at radius 3 is 2.57 bits per heavy atom. The summed E-state index contributed by atoms with van der Waals surface area (Å²) in [5, 5.41) is 0. The number of nitrogens with one attached hydrogen (secondary N) is 1. The minimum Gasteiger partial charge on any atom is -0.491 e. The number of rotatable bonds is 5. The SMILES string of the molecule is CC(C)Oc1ccc(S(=O)(=O)Nc2ccccn2)c(N)c1. The number of aromatic nitrogens is 1. The van der Waals surface area contributed by atoms with Crippen molar-refractivity contribution in [2.75, 3.05) is 10.5 Å². The molecule has 6 nitrogen and oxygen atoms in total. The Bertz CT molecular complexity index is 715. The fraction of sp³-hybridized carbons (Fsp3) is 0.214. The van der Waals surface area contributed by atoms with Crippen molar-refractivity contribution < 1.29 is 13.2 Å². The molecule has 0 atom stereocenters. The summed E-state index contributed by atoms with van der Waals surface area (Å²) < 4.78 is 32.4. The number of nitrogen functional groups attached to an aromatic ring is 1. The van der Waals surface area contributed by atoms with Gasteiger partial charge in [-0.15, -0.1) is 0 Å². The van der Waals surface area contributed by atoms with Crippen LogP contribution in [-0.4, -0.2) is 19.5 Å².